The number of carbonyl (C=O) groups excluding carboxylic acids is 4. The van der Waals surface area contributed by atoms with Crippen molar-refractivity contribution in [1.82, 2.24) is 4.90 Å². The summed E-state index contributed by atoms with van der Waals surface area (Å²) in [5, 5.41) is 2.84. The third-order valence-corrected chi connectivity index (χ3v) is 5.47. The first-order valence-corrected chi connectivity index (χ1v) is 10.5. The molecule has 0 fully saturated rings. The number of fused-ring (bicyclic) bond motifs is 1. The summed E-state index contributed by atoms with van der Waals surface area (Å²) in [5.74, 6) is -0.952. The van der Waals surface area contributed by atoms with Crippen LogP contribution in [0.2, 0.25) is 0 Å². The molecule has 0 atom stereocenters. The first-order chi connectivity index (χ1) is 16.4. The van der Waals surface area contributed by atoms with Gasteiger partial charge in [0, 0.05) is 11.3 Å². The maximum absolute atomic E-state index is 12.7. The van der Waals surface area contributed by atoms with Crippen LogP contribution in [0.3, 0.4) is 0 Å². The van der Waals surface area contributed by atoms with E-state index in [4.69, 9.17) is 4.74 Å². The average Bonchev–Trinajstić information content (AvgIpc) is 3.09. The van der Waals surface area contributed by atoms with Crippen LogP contribution in [-0.4, -0.2) is 42.3 Å². The molecule has 0 saturated heterocycles. The lowest BCUT2D eigenvalue weighted by molar-refractivity contribution is -0.142. The van der Waals surface area contributed by atoms with Crippen LogP contribution < -0.4 is 10.1 Å². The second kappa shape index (κ2) is 9.58. The molecule has 172 valence electrons. The van der Waals surface area contributed by atoms with Crippen molar-refractivity contribution >= 4 is 29.4 Å². The number of methoxy groups -OCH3 is 1. The van der Waals surface area contributed by atoms with Gasteiger partial charge in [-0.15, -0.1) is 0 Å². The Hall–Kier alpha value is -4.46. The van der Waals surface area contributed by atoms with Crippen molar-refractivity contribution in [2.45, 2.75) is 13.5 Å². The smallest absolute Gasteiger partial charge is 0.343 e. The summed E-state index contributed by atoms with van der Waals surface area (Å²) >= 11 is 0. The summed E-state index contributed by atoms with van der Waals surface area (Å²) in [7, 11) is 1.28. The van der Waals surface area contributed by atoms with E-state index in [1.165, 1.54) is 12.0 Å². The van der Waals surface area contributed by atoms with Gasteiger partial charge in [0.25, 0.3) is 17.7 Å². The Labute approximate surface area is 196 Å². The topological polar surface area (TPSA) is 102 Å². The molecule has 8 heteroatoms. The lowest BCUT2D eigenvalue weighted by Crippen LogP contribution is -2.29. The number of nitrogens with one attached hydrogen (secondary N) is 1. The molecule has 3 aromatic rings. The van der Waals surface area contributed by atoms with Gasteiger partial charge in [-0.25, -0.2) is 4.79 Å². The molecule has 0 bridgehead atoms. The molecule has 3 aromatic carbocycles. The highest BCUT2D eigenvalue weighted by Crippen LogP contribution is 2.25. The molecule has 0 aliphatic carbocycles. The molecule has 0 unspecified atom stereocenters. The fourth-order valence-electron chi connectivity index (χ4n) is 3.59. The predicted octanol–water partition coefficient (Wildman–Crippen LogP) is 3.60. The van der Waals surface area contributed by atoms with E-state index in [0.29, 0.717) is 28.1 Å². The molecule has 0 spiro atoms. The SMILES string of the molecule is COC(=O)COc1ccc(NC(=O)c2ccc(CN3C(=O)c4ccccc4C3=O)cc2)c(C)c1. The van der Waals surface area contributed by atoms with Crippen LogP contribution >= 0.6 is 0 Å². The Morgan fingerprint density at radius 1 is 0.912 bits per heavy atom. The molecule has 34 heavy (non-hydrogen) atoms. The molecule has 0 saturated carbocycles. The van der Waals surface area contributed by atoms with Gasteiger partial charge in [0.1, 0.15) is 5.75 Å². The summed E-state index contributed by atoms with van der Waals surface area (Å²) in [6.45, 7) is 1.74. The summed E-state index contributed by atoms with van der Waals surface area (Å²) in [6, 6.07) is 18.5. The normalized spacial score (nSPS) is 12.4. The number of amides is 3. The van der Waals surface area contributed by atoms with E-state index in [-0.39, 0.29) is 30.9 Å². The van der Waals surface area contributed by atoms with E-state index >= 15 is 0 Å². The third-order valence-electron chi connectivity index (χ3n) is 5.47. The molecule has 8 nitrogen and oxygen atoms in total. The number of carbonyl (C=O) groups is 4. The molecule has 1 N–H and O–H groups in total. The van der Waals surface area contributed by atoms with E-state index in [0.717, 1.165) is 11.1 Å². The van der Waals surface area contributed by atoms with Gasteiger partial charge in [0.2, 0.25) is 0 Å². The van der Waals surface area contributed by atoms with Crippen molar-refractivity contribution < 1.29 is 28.7 Å². The molecule has 1 aliphatic heterocycles. The zero-order chi connectivity index (χ0) is 24.2. The lowest BCUT2D eigenvalue weighted by atomic mass is 10.1. The van der Waals surface area contributed by atoms with Crippen LogP contribution in [0.5, 0.6) is 5.75 Å². The highest BCUT2D eigenvalue weighted by Gasteiger charge is 2.34. The number of nitrogens with zero attached hydrogens (tertiary/aromatic N) is 1. The standard InChI is InChI=1S/C26H22N2O6/c1-16-13-19(34-15-23(29)33-2)11-12-22(16)27-24(30)18-9-7-17(8-10-18)14-28-25(31)20-5-3-4-6-21(20)26(28)32/h3-13H,14-15H2,1-2H3,(H,27,30). The quantitative estimate of drug-likeness (QED) is 0.429. The Morgan fingerprint density at radius 2 is 1.56 bits per heavy atom. The highest BCUT2D eigenvalue weighted by atomic mass is 16.6. The molecule has 1 heterocycles. The van der Waals surface area contributed by atoms with Gasteiger partial charge >= 0.3 is 5.97 Å². The first kappa shape index (κ1) is 22.7. The van der Waals surface area contributed by atoms with Crippen molar-refractivity contribution in [3.8, 4) is 5.75 Å². The van der Waals surface area contributed by atoms with Crippen LogP contribution in [0.4, 0.5) is 5.69 Å². The number of ether oxygens (including phenoxy) is 2. The average molecular weight is 458 g/mol. The van der Waals surface area contributed by atoms with Gasteiger partial charge in [-0.3, -0.25) is 19.3 Å². The Kier molecular flexibility index (Phi) is 6.40. The van der Waals surface area contributed by atoms with Gasteiger partial charge in [-0.1, -0.05) is 24.3 Å². The highest BCUT2D eigenvalue weighted by molar-refractivity contribution is 6.21. The van der Waals surface area contributed by atoms with E-state index in [1.807, 2.05) is 6.92 Å². The lowest BCUT2D eigenvalue weighted by Gasteiger charge is -2.14. The van der Waals surface area contributed by atoms with Crippen molar-refractivity contribution in [2.24, 2.45) is 0 Å². The number of imide groups is 1. The van der Waals surface area contributed by atoms with Gasteiger partial charge in [0.15, 0.2) is 6.61 Å². The van der Waals surface area contributed by atoms with Crippen molar-refractivity contribution in [1.29, 1.82) is 0 Å². The number of esters is 1. The van der Waals surface area contributed by atoms with Crippen molar-refractivity contribution in [2.75, 3.05) is 19.0 Å². The Morgan fingerprint density at radius 3 is 2.15 bits per heavy atom. The maximum Gasteiger partial charge on any atom is 0.343 e. The second-order valence-corrected chi connectivity index (χ2v) is 7.73. The predicted molar refractivity (Wildman–Crippen MR) is 124 cm³/mol. The van der Waals surface area contributed by atoms with Crippen molar-refractivity contribution in [3.05, 3.63) is 94.5 Å². The molecule has 0 radical (unpaired) electrons. The fourth-order valence-corrected chi connectivity index (χ4v) is 3.59. The zero-order valence-corrected chi connectivity index (χ0v) is 18.7. The van der Waals surface area contributed by atoms with Crippen LogP contribution in [0.25, 0.3) is 0 Å². The number of anilines is 1. The Bertz CT molecular complexity index is 1250. The fraction of sp³-hybridized carbons (Fsp3) is 0.154. The van der Waals surface area contributed by atoms with E-state index in [9.17, 15) is 19.2 Å². The van der Waals surface area contributed by atoms with Crippen LogP contribution in [0, 0.1) is 6.92 Å². The third kappa shape index (κ3) is 4.66. The largest absolute Gasteiger partial charge is 0.482 e. The number of aryl methyl sites for hydroxylation is 1. The first-order valence-electron chi connectivity index (χ1n) is 10.5. The number of hydrogen-bond acceptors (Lipinski definition) is 6. The van der Waals surface area contributed by atoms with Crippen molar-refractivity contribution in [3.63, 3.8) is 0 Å². The van der Waals surface area contributed by atoms with E-state index < -0.39 is 5.97 Å². The second-order valence-electron chi connectivity index (χ2n) is 7.73. The molecule has 4 rings (SSSR count). The molecular weight excluding hydrogens is 436 g/mol. The monoisotopic (exact) mass is 458 g/mol. The van der Waals surface area contributed by atoms with Gasteiger partial charge in [0.05, 0.1) is 24.8 Å². The number of hydrogen-bond donors (Lipinski definition) is 1. The summed E-state index contributed by atoms with van der Waals surface area (Å²) in [5.41, 5.74) is 3.33. The van der Waals surface area contributed by atoms with Gasteiger partial charge in [-0.05, 0) is 60.5 Å². The molecule has 0 aromatic heterocycles. The summed E-state index contributed by atoms with van der Waals surface area (Å²) in [6.07, 6.45) is 0. The molecule has 3 amide bonds. The van der Waals surface area contributed by atoms with Crippen LogP contribution in [-0.2, 0) is 16.1 Å². The summed E-state index contributed by atoms with van der Waals surface area (Å²) < 4.78 is 9.89. The minimum absolute atomic E-state index is 0.125. The van der Waals surface area contributed by atoms with E-state index in [2.05, 4.69) is 10.1 Å². The Balaban J connectivity index is 1.39. The number of benzene rings is 3. The zero-order valence-electron chi connectivity index (χ0n) is 18.7. The number of rotatable bonds is 7. The maximum atomic E-state index is 12.7. The summed E-state index contributed by atoms with van der Waals surface area (Å²) in [4.78, 5) is 50.2. The molecular formula is C26H22N2O6. The minimum atomic E-state index is -0.485. The minimum Gasteiger partial charge on any atom is -0.482 e. The van der Waals surface area contributed by atoms with Crippen LogP contribution in [0.1, 0.15) is 42.2 Å². The van der Waals surface area contributed by atoms with E-state index in [1.54, 1.807) is 66.7 Å². The van der Waals surface area contributed by atoms with Gasteiger partial charge in [-0.2, -0.15) is 0 Å². The van der Waals surface area contributed by atoms with Crippen LogP contribution in [0.15, 0.2) is 66.7 Å². The van der Waals surface area contributed by atoms with Gasteiger partial charge < -0.3 is 14.8 Å². The molecule has 1 aliphatic rings.